The summed E-state index contributed by atoms with van der Waals surface area (Å²) in [6.45, 7) is 0. The van der Waals surface area contributed by atoms with Crippen molar-refractivity contribution in [1.82, 2.24) is 9.78 Å². The summed E-state index contributed by atoms with van der Waals surface area (Å²) in [6, 6.07) is 24.2. The van der Waals surface area contributed by atoms with Gasteiger partial charge in [0.25, 0.3) is 0 Å². The summed E-state index contributed by atoms with van der Waals surface area (Å²) in [5.74, 6) is 0.303. The Kier molecular flexibility index (Phi) is 3.95. The van der Waals surface area contributed by atoms with Crippen LogP contribution in [0.3, 0.4) is 0 Å². The van der Waals surface area contributed by atoms with E-state index in [1.54, 1.807) is 11.8 Å². The lowest BCUT2D eigenvalue weighted by atomic mass is 10.0. The van der Waals surface area contributed by atoms with Crippen LogP contribution in [0.15, 0.2) is 72.8 Å². The first kappa shape index (κ1) is 17.3. The van der Waals surface area contributed by atoms with E-state index in [0.29, 0.717) is 5.69 Å². The van der Waals surface area contributed by atoms with Crippen molar-refractivity contribution >= 4 is 38.4 Å². The van der Waals surface area contributed by atoms with Crippen molar-refractivity contribution in [2.45, 2.75) is 0 Å². The molecule has 0 spiro atoms. The molecule has 5 nitrogen and oxygen atoms in total. The number of carbonyl (C=O) groups is 1. The summed E-state index contributed by atoms with van der Waals surface area (Å²) in [4.78, 5) is 12.4. The van der Waals surface area contributed by atoms with E-state index < -0.39 is 5.97 Å². The standard InChI is InChI=1S/C24H18N2O3/c1-28-20-9-7-19(8-10-20)26-22-14-18-12-16-6-4-3-5-15(16)11-17(18)13-21(22)23(25-26)24(27)29-2/h3-14H,1-2H3. The van der Waals surface area contributed by atoms with E-state index in [2.05, 4.69) is 35.4 Å². The summed E-state index contributed by atoms with van der Waals surface area (Å²) in [6.07, 6.45) is 0. The van der Waals surface area contributed by atoms with Gasteiger partial charge in [0, 0.05) is 5.39 Å². The van der Waals surface area contributed by atoms with Gasteiger partial charge in [-0.2, -0.15) is 5.10 Å². The highest BCUT2D eigenvalue weighted by molar-refractivity contribution is 6.09. The lowest BCUT2D eigenvalue weighted by Crippen LogP contribution is -2.04. The van der Waals surface area contributed by atoms with Gasteiger partial charge in [-0.3, -0.25) is 0 Å². The number of fused-ring (bicyclic) bond motifs is 3. The van der Waals surface area contributed by atoms with Gasteiger partial charge in [-0.1, -0.05) is 24.3 Å². The van der Waals surface area contributed by atoms with Crippen LogP contribution < -0.4 is 4.74 Å². The molecule has 0 aliphatic rings. The second-order valence-electron chi connectivity index (χ2n) is 6.87. The van der Waals surface area contributed by atoms with E-state index >= 15 is 0 Å². The summed E-state index contributed by atoms with van der Waals surface area (Å²) < 4.78 is 12.0. The number of hydrogen-bond donors (Lipinski definition) is 0. The van der Waals surface area contributed by atoms with Crippen LogP contribution in [0.2, 0.25) is 0 Å². The average Bonchev–Trinajstić information content (AvgIpc) is 3.14. The topological polar surface area (TPSA) is 53.3 Å². The number of rotatable bonds is 3. The van der Waals surface area contributed by atoms with Crippen LogP contribution in [0.25, 0.3) is 38.1 Å². The highest BCUT2D eigenvalue weighted by Gasteiger charge is 2.19. The van der Waals surface area contributed by atoms with Crippen molar-refractivity contribution in [3.63, 3.8) is 0 Å². The van der Waals surface area contributed by atoms with Crippen LogP contribution in [-0.2, 0) is 4.74 Å². The van der Waals surface area contributed by atoms with Crippen LogP contribution in [0.1, 0.15) is 10.5 Å². The molecule has 142 valence electrons. The molecule has 0 saturated carbocycles. The van der Waals surface area contributed by atoms with Gasteiger partial charge in [0.15, 0.2) is 5.69 Å². The maximum atomic E-state index is 12.4. The largest absolute Gasteiger partial charge is 0.497 e. The molecule has 29 heavy (non-hydrogen) atoms. The molecule has 0 amide bonds. The zero-order valence-electron chi connectivity index (χ0n) is 16.0. The third-order valence-electron chi connectivity index (χ3n) is 5.20. The van der Waals surface area contributed by atoms with E-state index in [1.807, 2.05) is 42.5 Å². The van der Waals surface area contributed by atoms with E-state index in [-0.39, 0.29) is 0 Å². The number of hydrogen-bond acceptors (Lipinski definition) is 4. The first-order chi connectivity index (χ1) is 14.2. The molecule has 0 atom stereocenters. The Balaban J connectivity index is 1.82. The molecule has 4 aromatic carbocycles. The SMILES string of the molecule is COC(=O)c1nn(-c2ccc(OC)cc2)c2cc3cc4ccccc4cc3cc12. The first-order valence-corrected chi connectivity index (χ1v) is 9.26. The zero-order valence-corrected chi connectivity index (χ0v) is 16.0. The normalized spacial score (nSPS) is 11.2. The average molecular weight is 382 g/mol. The summed E-state index contributed by atoms with van der Waals surface area (Å²) in [5.41, 5.74) is 1.98. The van der Waals surface area contributed by atoms with Gasteiger partial charge in [0.05, 0.1) is 25.4 Å². The summed E-state index contributed by atoms with van der Waals surface area (Å²) in [5, 5.41) is 9.80. The van der Waals surface area contributed by atoms with Crippen molar-refractivity contribution in [2.75, 3.05) is 14.2 Å². The Labute approximate surface area is 167 Å². The number of benzene rings is 4. The maximum absolute atomic E-state index is 12.4. The van der Waals surface area contributed by atoms with Crippen LogP contribution in [0, 0.1) is 0 Å². The molecule has 5 rings (SSSR count). The minimum atomic E-state index is -0.456. The predicted molar refractivity (Wildman–Crippen MR) is 114 cm³/mol. The Hall–Kier alpha value is -3.86. The number of aromatic nitrogens is 2. The number of nitrogens with zero attached hydrogens (tertiary/aromatic N) is 2. The van der Waals surface area contributed by atoms with Crippen LogP contribution in [0.4, 0.5) is 0 Å². The number of ether oxygens (including phenoxy) is 2. The fourth-order valence-electron chi connectivity index (χ4n) is 3.72. The maximum Gasteiger partial charge on any atom is 0.359 e. The molecule has 0 aliphatic carbocycles. The molecule has 5 aromatic rings. The lowest BCUT2D eigenvalue weighted by molar-refractivity contribution is 0.0595. The molecule has 1 heterocycles. The Morgan fingerprint density at radius 3 is 2.10 bits per heavy atom. The Morgan fingerprint density at radius 1 is 0.828 bits per heavy atom. The highest BCUT2D eigenvalue weighted by Crippen LogP contribution is 2.31. The minimum Gasteiger partial charge on any atom is -0.497 e. The molecule has 0 N–H and O–H groups in total. The van der Waals surface area contributed by atoms with E-state index in [4.69, 9.17) is 9.47 Å². The van der Waals surface area contributed by atoms with Gasteiger partial charge in [0.2, 0.25) is 0 Å². The van der Waals surface area contributed by atoms with Gasteiger partial charge in [-0.25, -0.2) is 9.48 Å². The van der Waals surface area contributed by atoms with Crippen molar-refractivity contribution < 1.29 is 14.3 Å². The van der Waals surface area contributed by atoms with E-state index in [0.717, 1.165) is 38.5 Å². The molecule has 5 heteroatoms. The molecular formula is C24H18N2O3. The lowest BCUT2D eigenvalue weighted by Gasteiger charge is -2.07. The summed E-state index contributed by atoms with van der Waals surface area (Å²) in [7, 11) is 3.00. The molecule has 0 aliphatic heterocycles. The summed E-state index contributed by atoms with van der Waals surface area (Å²) >= 11 is 0. The minimum absolute atomic E-state index is 0.299. The number of carbonyl (C=O) groups excluding carboxylic acids is 1. The third kappa shape index (κ3) is 2.79. The van der Waals surface area contributed by atoms with E-state index in [9.17, 15) is 4.79 Å². The smallest absolute Gasteiger partial charge is 0.359 e. The molecular weight excluding hydrogens is 364 g/mol. The van der Waals surface area contributed by atoms with Gasteiger partial charge in [-0.05, 0) is 70.1 Å². The first-order valence-electron chi connectivity index (χ1n) is 9.26. The number of methoxy groups -OCH3 is 2. The van der Waals surface area contributed by atoms with Gasteiger partial charge in [-0.15, -0.1) is 0 Å². The van der Waals surface area contributed by atoms with Gasteiger partial charge >= 0.3 is 5.97 Å². The van der Waals surface area contributed by atoms with Gasteiger partial charge < -0.3 is 9.47 Å². The van der Waals surface area contributed by atoms with E-state index in [1.165, 1.54) is 12.5 Å². The molecule has 1 aromatic heterocycles. The van der Waals surface area contributed by atoms with Crippen LogP contribution in [0.5, 0.6) is 5.75 Å². The number of esters is 1. The molecule has 0 bridgehead atoms. The second-order valence-corrected chi connectivity index (χ2v) is 6.87. The highest BCUT2D eigenvalue weighted by atomic mass is 16.5. The molecule has 0 unspecified atom stereocenters. The molecule has 0 radical (unpaired) electrons. The Bertz CT molecular complexity index is 1380. The predicted octanol–water partition coefficient (Wildman–Crippen LogP) is 5.13. The third-order valence-corrected chi connectivity index (χ3v) is 5.20. The Morgan fingerprint density at radius 2 is 1.48 bits per heavy atom. The fraction of sp³-hybridized carbons (Fsp3) is 0.0833. The van der Waals surface area contributed by atoms with Crippen molar-refractivity contribution in [3.8, 4) is 11.4 Å². The van der Waals surface area contributed by atoms with Crippen molar-refractivity contribution in [2.24, 2.45) is 0 Å². The second kappa shape index (κ2) is 6.63. The van der Waals surface area contributed by atoms with Crippen molar-refractivity contribution in [1.29, 1.82) is 0 Å². The molecule has 0 saturated heterocycles. The zero-order chi connectivity index (χ0) is 20.0. The monoisotopic (exact) mass is 382 g/mol. The van der Waals surface area contributed by atoms with Crippen LogP contribution >= 0.6 is 0 Å². The quantitative estimate of drug-likeness (QED) is 0.321. The van der Waals surface area contributed by atoms with Crippen LogP contribution in [-0.4, -0.2) is 30.0 Å². The van der Waals surface area contributed by atoms with Crippen molar-refractivity contribution in [3.05, 3.63) is 78.5 Å². The fourth-order valence-corrected chi connectivity index (χ4v) is 3.72. The molecule has 0 fully saturated rings. The van der Waals surface area contributed by atoms with Gasteiger partial charge in [0.1, 0.15) is 5.75 Å².